The number of nitrogens with one attached hydrogen (secondary N) is 1. The van der Waals surface area contributed by atoms with Crippen molar-refractivity contribution < 1.29 is 5.11 Å². The van der Waals surface area contributed by atoms with Crippen LogP contribution < -0.4 is 5.32 Å². The highest BCUT2D eigenvalue weighted by molar-refractivity contribution is 9.10. The summed E-state index contributed by atoms with van der Waals surface area (Å²) in [6.45, 7) is 4.22. The van der Waals surface area contributed by atoms with Crippen LogP contribution in [0.1, 0.15) is 25.5 Å². The van der Waals surface area contributed by atoms with Crippen molar-refractivity contribution in [1.82, 2.24) is 5.32 Å². The number of aliphatic hydroxyl groups is 1. The van der Waals surface area contributed by atoms with Gasteiger partial charge in [-0.1, -0.05) is 28.1 Å². The molecule has 1 aromatic rings. The molecular formula is C11H16BrNO. The Kier molecular flexibility index (Phi) is 4.58. The highest BCUT2D eigenvalue weighted by Gasteiger charge is 2.08. The van der Waals surface area contributed by atoms with E-state index >= 15 is 0 Å². The van der Waals surface area contributed by atoms with Crippen LogP contribution in [0.2, 0.25) is 0 Å². The van der Waals surface area contributed by atoms with E-state index in [0.29, 0.717) is 0 Å². The molecule has 2 nitrogen and oxygen atoms in total. The van der Waals surface area contributed by atoms with E-state index in [9.17, 15) is 0 Å². The average molecular weight is 258 g/mol. The molecule has 0 amide bonds. The van der Waals surface area contributed by atoms with Crippen LogP contribution >= 0.6 is 15.9 Å². The van der Waals surface area contributed by atoms with Crippen LogP contribution in [0.3, 0.4) is 0 Å². The van der Waals surface area contributed by atoms with E-state index in [0.717, 1.165) is 4.47 Å². The van der Waals surface area contributed by atoms with E-state index in [2.05, 4.69) is 40.3 Å². The standard InChI is InChI=1S/C11H16BrNO/c1-8(7-14)13-9(2)10-4-3-5-11(12)6-10/h3-6,8-9,13-14H,7H2,1-2H3/t8-,9+/m0/s1. The molecule has 0 aliphatic rings. The first kappa shape index (κ1) is 11.7. The van der Waals surface area contributed by atoms with Crippen LogP contribution in [0.4, 0.5) is 0 Å². The molecule has 1 rings (SSSR count). The molecule has 0 saturated carbocycles. The largest absolute Gasteiger partial charge is 0.395 e. The second-order valence-corrected chi connectivity index (χ2v) is 4.44. The Labute approximate surface area is 93.5 Å². The first-order valence-electron chi connectivity index (χ1n) is 4.76. The Morgan fingerprint density at radius 1 is 1.43 bits per heavy atom. The molecule has 0 aliphatic heterocycles. The molecule has 0 unspecified atom stereocenters. The molecule has 0 spiro atoms. The smallest absolute Gasteiger partial charge is 0.0582 e. The number of hydrogen-bond acceptors (Lipinski definition) is 2. The van der Waals surface area contributed by atoms with Gasteiger partial charge in [-0.25, -0.2) is 0 Å². The fourth-order valence-electron chi connectivity index (χ4n) is 1.35. The summed E-state index contributed by atoms with van der Waals surface area (Å²) < 4.78 is 1.08. The Bertz CT molecular complexity index is 290. The summed E-state index contributed by atoms with van der Waals surface area (Å²) in [4.78, 5) is 0. The van der Waals surface area contributed by atoms with Crippen molar-refractivity contribution >= 4 is 15.9 Å². The minimum Gasteiger partial charge on any atom is -0.395 e. The van der Waals surface area contributed by atoms with Crippen molar-refractivity contribution in [2.45, 2.75) is 25.9 Å². The van der Waals surface area contributed by atoms with Gasteiger partial charge >= 0.3 is 0 Å². The molecule has 0 aliphatic carbocycles. The van der Waals surface area contributed by atoms with Crippen molar-refractivity contribution in [3.8, 4) is 0 Å². The van der Waals surface area contributed by atoms with E-state index in [1.165, 1.54) is 5.56 Å². The molecule has 0 saturated heterocycles. The number of halogens is 1. The molecule has 0 aromatic heterocycles. The van der Waals surface area contributed by atoms with E-state index < -0.39 is 0 Å². The second kappa shape index (κ2) is 5.49. The van der Waals surface area contributed by atoms with E-state index in [1.54, 1.807) is 0 Å². The first-order chi connectivity index (χ1) is 6.63. The van der Waals surface area contributed by atoms with Gasteiger partial charge in [0.1, 0.15) is 0 Å². The predicted octanol–water partition coefficient (Wildman–Crippen LogP) is 2.48. The molecule has 3 heteroatoms. The Morgan fingerprint density at radius 3 is 2.71 bits per heavy atom. The molecule has 14 heavy (non-hydrogen) atoms. The van der Waals surface area contributed by atoms with Gasteiger partial charge in [0.15, 0.2) is 0 Å². The number of hydrogen-bond donors (Lipinski definition) is 2. The van der Waals surface area contributed by atoms with Gasteiger partial charge < -0.3 is 10.4 Å². The quantitative estimate of drug-likeness (QED) is 0.869. The second-order valence-electron chi connectivity index (χ2n) is 3.53. The lowest BCUT2D eigenvalue weighted by atomic mass is 10.1. The first-order valence-corrected chi connectivity index (χ1v) is 5.55. The van der Waals surface area contributed by atoms with Crippen molar-refractivity contribution in [2.75, 3.05) is 6.61 Å². The van der Waals surface area contributed by atoms with E-state index in [-0.39, 0.29) is 18.7 Å². The van der Waals surface area contributed by atoms with Crippen LogP contribution in [0, 0.1) is 0 Å². The van der Waals surface area contributed by atoms with E-state index in [4.69, 9.17) is 5.11 Å². The fourth-order valence-corrected chi connectivity index (χ4v) is 1.77. The molecule has 0 radical (unpaired) electrons. The maximum atomic E-state index is 8.91. The van der Waals surface area contributed by atoms with Gasteiger partial charge in [0, 0.05) is 16.6 Å². The minimum absolute atomic E-state index is 0.129. The zero-order valence-electron chi connectivity index (χ0n) is 8.50. The van der Waals surface area contributed by atoms with Gasteiger partial charge in [-0.3, -0.25) is 0 Å². The van der Waals surface area contributed by atoms with Gasteiger partial charge in [-0.2, -0.15) is 0 Å². The Balaban J connectivity index is 2.64. The minimum atomic E-state index is 0.129. The number of rotatable bonds is 4. The summed E-state index contributed by atoms with van der Waals surface area (Å²) in [6, 6.07) is 8.57. The summed E-state index contributed by atoms with van der Waals surface area (Å²) in [5, 5.41) is 12.2. The zero-order valence-corrected chi connectivity index (χ0v) is 10.1. The Hall–Kier alpha value is -0.380. The molecule has 0 bridgehead atoms. The Morgan fingerprint density at radius 2 is 2.14 bits per heavy atom. The lowest BCUT2D eigenvalue weighted by Crippen LogP contribution is -2.31. The van der Waals surface area contributed by atoms with Crippen LogP contribution in [0.5, 0.6) is 0 Å². The highest BCUT2D eigenvalue weighted by atomic mass is 79.9. The summed E-state index contributed by atoms with van der Waals surface area (Å²) >= 11 is 3.44. The summed E-state index contributed by atoms with van der Waals surface area (Å²) in [6.07, 6.45) is 0. The van der Waals surface area contributed by atoms with Gasteiger partial charge in [0.05, 0.1) is 6.61 Å². The third kappa shape index (κ3) is 3.40. The maximum Gasteiger partial charge on any atom is 0.0582 e. The van der Waals surface area contributed by atoms with Gasteiger partial charge in [0.2, 0.25) is 0 Å². The zero-order chi connectivity index (χ0) is 10.6. The average Bonchev–Trinajstić information content (AvgIpc) is 2.17. The lowest BCUT2D eigenvalue weighted by molar-refractivity contribution is 0.243. The highest BCUT2D eigenvalue weighted by Crippen LogP contribution is 2.17. The van der Waals surface area contributed by atoms with Crippen LogP contribution in [-0.4, -0.2) is 17.8 Å². The predicted molar refractivity (Wildman–Crippen MR) is 62.2 cm³/mol. The fraction of sp³-hybridized carbons (Fsp3) is 0.455. The third-order valence-corrected chi connectivity index (χ3v) is 2.65. The van der Waals surface area contributed by atoms with Crippen molar-refractivity contribution in [3.63, 3.8) is 0 Å². The molecule has 78 valence electrons. The lowest BCUT2D eigenvalue weighted by Gasteiger charge is -2.18. The molecule has 0 heterocycles. The third-order valence-electron chi connectivity index (χ3n) is 2.16. The molecule has 0 fully saturated rings. The van der Waals surface area contributed by atoms with Crippen molar-refractivity contribution in [2.24, 2.45) is 0 Å². The summed E-state index contributed by atoms with van der Waals surface area (Å²) in [7, 11) is 0. The monoisotopic (exact) mass is 257 g/mol. The SMILES string of the molecule is C[C@@H](CO)N[C@H](C)c1cccc(Br)c1. The normalized spacial score (nSPS) is 15.1. The summed E-state index contributed by atoms with van der Waals surface area (Å²) in [5.74, 6) is 0. The number of aliphatic hydroxyl groups excluding tert-OH is 1. The molecular weight excluding hydrogens is 242 g/mol. The van der Waals surface area contributed by atoms with Gasteiger partial charge in [0.25, 0.3) is 0 Å². The number of benzene rings is 1. The topological polar surface area (TPSA) is 32.3 Å². The van der Waals surface area contributed by atoms with E-state index in [1.807, 2.05) is 19.1 Å². The molecule has 2 atom stereocenters. The maximum absolute atomic E-state index is 8.91. The molecule has 2 N–H and O–H groups in total. The van der Waals surface area contributed by atoms with Gasteiger partial charge in [-0.05, 0) is 31.5 Å². The van der Waals surface area contributed by atoms with Crippen molar-refractivity contribution in [3.05, 3.63) is 34.3 Å². The summed E-state index contributed by atoms with van der Waals surface area (Å²) in [5.41, 5.74) is 1.22. The van der Waals surface area contributed by atoms with Crippen molar-refractivity contribution in [1.29, 1.82) is 0 Å². The van der Waals surface area contributed by atoms with Crippen LogP contribution in [0.15, 0.2) is 28.7 Å². The van der Waals surface area contributed by atoms with Gasteiger partial charge in [-0.15, -0.1) is 0 Å². The van der Waals surface area contributed by atoms with Crippen LogP contribution in [0.25, 0.3) is 0 Å². The molecule has 1 aromatic carbocycles. The van der Waals surface area contributed by atoms with Crippen LogP contribution in [-0.2, 0) is 0 Å².